The number of furan rings is 1. The van der Waals surface area contributed by atoms with Crippen molar-refractivity contribution in [2.24, 2.45) is 11.3 Å². The van der Waals surface area contributed by atoms with Crippen LogP contribution < -0.4 is 0 Å². The number of carbonyl (C=O) groups is 1. The zero-order valence-electron chi connectivity index (χ0n) is 11.1. The molecule has 1 atom stereocenters. The van der Waals surface area contributed by atoms with Gasteiger partial charge < -0.3 is 4.42 Å². The van der Waals surface area contributed by atoms with Crippen molar-refractivity contribution in [1.29, 1.82) is 0 Å². The summed E-state index contributed by atoms with van der Waals surface area (Å²) in [5, 5.41) is 0. The average molecular weight is 234 g/mol. The van der Waals surface area contributed by atoms with Gasteiger partial charge in [0.2, 0.25) is 5.78 Å². The van der Waals surface area contributed by atoms with Gasteiger partial charge in [0, 0.05) is 12.3 Å². The molecule has 2 heteroatoms. The van der Waals surface area contributed by atoms with Gasteiger partial charge in [-0.1, -0.05) is 33.6 Å². The largest absolute Gasteiger partial charge is 0.458 e. The third kappa shape index (κ3) is 2.46. The minimum atomic E-state index is 0.120. The maximum Gasteiger partial charge on any atom is 0.201 e. The molecule has 1 aromatic heterocycles. The summed E-state index contributed by atoms with van der Waals surface area (Å²) >= 11 is 0. The van der Waals surface area contributed by atoms with Gasteiger partial charge in [-0.25, -0.2) is 0 Å². The van der Waals surface area contributed by atoms with Crippen LogP contribution in [0.3, 0.4) is 0 Å². The Labute approximate surface area is 103 Å². The van der Waals surface area contributed by atoms with Gasteiger partial charge in [0.1, 0.15) is 5.76 Å². The van der Waals surface area contributed by atoms with Gasteiger partial charge in [-0.05, 0) is 30.4 Å². The fraction of sp³-hybridized carbons (Fsp3) is 0.667. The zero-order chi connectivity index (χ0) is 12.5. The van der Waals surface area contributed by atoms with E-state index in [4.69, 9.17) is 4.42 Å². The molecule has 2 nitrogen and oxygen atoms in total. The van der Waals surface area contributed by atoms with Crippen LogP contribution in [0.25, 0.3) is 0 Å². The lowest BCUT2D eigenvalue weighted by Crippen LogP contribution is -2.33. The molecule has 1 saturated carbocycles. The van der Waals surface area contributed by atoms with Crippen LogP contribution in [0.1, 0.15) is 62.8 Å². The summed E-state index contributed by atoms with van der Waals surface area (Å²) < 4.78 is 5.59. The van der Waals surface area contributed by atoms with E-state index in [1.54, 1.807) is 0 Å². The van der Waals surface area contributed by atoms with Crippen molar-refractivity contribution in [3.8, 4) is 0 Å². The molecule has 0 spiro atoms. The summed E-state index contributed by atoms with van der Waals surface area (Å²) in [5.41, 5.74) is 0.120. The summed E-state index contributed by atoms with van der Waals surface area (Å²) in [5.74, 6) is 1.80. The molecular weight excluding hydrogens is 212 g/mol. The Morgan fingerprint density at radius 1 is 1.41 bits per heavy atom. The zero-order valence-corrected chi connectivity index (χ0v) is 11.1. The van der Waals surface area contributed by atoms with Crippen LogP contribution in [0.2, 0.25) is 0 Å². The van der Waals surface area contributed by atoms with Gasteiger partial charge in [-0.15, -0.1) is 0 Å². The third-order valence-electron chi connectivity index (χ3n) is 4.08. The maximum absolute atomic E-state index is 12.5. The Hall–Kier alpha value is -1.05. The average Bonchev–Trinajstić information content (AvgIpc) is 2.76. The quantitative estimate of drug-likeness (QED) is 0.732. The number of aryl methyl sites for hydroxylation is 1. The van der Waals surface area contributed by atoms with Crippen molar-refractivity contribution in [3.05, 3.63) is 23.7 Å². The first kappa shape index (κ1) is 12.4. The molecule has 0 aliphatic heterocycles. The van der Waals surface area contributed by atoms with Crippen molar-refractivity contribution in [3.63, 3.8) is 0 Å². The molecule has 2 rings (SSSR count). The minimum absolute atomic E-state index is 0.120. The van der Waals surface area contributed by atoms with E-state index >= 15 is 0 Å². The van der Waals surface area contributed by atoms with E-state index in [2.05, 4.69) is 13.8 Å². The third-order valence-corrected chi connectivity index (χ3v) is 4.08. The number of ketones is 1. The number of rotatable bonds is 3. The van der Waals surface area contributed by atoms with Crippen molar-refractivity contribution in [1.82, 2.24) is 0 Å². The fourth-order valence-electron chi connectivity index (χ4n) is 2.85. The summed E-state index contributed by atoms with van der Waals surface area (Å²) in [7, 11) is 0. The molecule has 0 saturated heterocycles. The number of Topliss-reactive ketones (excluding diaryl/α,β-unsaturated/α-hetero) is 1. The summed E-state index contributed by atoms with van der Waals surface area (Å²) in [4.78, 5) is 12.5. The SMILES string of the molecule is CCc1ccc(C(=O)C2CCCCC2(C)C)o1. The standard InChI is InChI=1S/C15H22O2/c1-4-11-8-9-13(17-11)14(16)12-7-5-6-10-15(12,2)3/h8-9,12H,4-7,10H2,1-3H3. The summed E-state index contributed by atoms with van der Waals surface area (Å²) in [6.45, 7) is 6.45. The van der Waals surface area contributed by atoms with Crippen LogP contribution in [-0.2, 0) is 6.42 Å². The molecule has 1 fully saturated rings. The number of hydrogen-bond acceptors (Lipinski definition) is 2. The second-order valence-electron chi connectivity index (χ2n) is 5.77. The van der Waals surface area contributed by atoms with E-state index in [1.807, 2.05) is 19.1 Å². The van der Waals surface area contributed by atoms with Gasteiger partial charge in [0.05, 0.1) is 0 Å². The van der Waals surface area contributed by atoms with Crippen molar-refractivity contribution >= 4 is 5.78 Å². The van der Waals surface area contributed by atoms with Crippen LogP contribution >= 0.6 is 0 Å². The molecule has 94 valence electrons. The first-order chi connectivity index (χ1) is 8.04. The topological polar surface area (TPSA) is 30.2 Å². The highest BCUT2D eigenvalue weighted by Gasteiger charge is 2.38. The Morgan fingerprint density at radius 3 is 2.76 bits per heavy atom. The van der Waals surface area contributed by atoms with Gasteiger partial charge >= 0.3 is 0 Å². The Kier molecular flexibility index (Phi) is 3.41. The van der Waals surface area contributed by atoms with E-state index in [1.165, 1.54) is 12.8 Å². The highest BCUT2D eigenvalue weighted by molar-refractivity contribution is 5.95. The van der Waals surface area contributed by atoms with Crippen LogP contribution in [0.15, 0.2) is 16.5 Å². The van der Waals surface area contributed by atoms with E-state index in [0.717, 1.165) is 25.0 Å². The second kappa shape index (κ2) is 4.67. The lowest BCUT2D eigenvalue weighted by Gasteiger charge is -2.37. The summed E-state index contributed by atoms with van der Waals surface area (Å²) in [6, 6.07) is 3.76. The molecule has 0 radical (unpaired) electrons. The van der Waals surface area contributed by atoms with Crippen molar-refractivity contribution < 1.29 is 9.21 Å². The van der Waals surface area contributed by atoms with Crippen molar-refractivity contribution in [2.75, 3.05) is 0 Å². The molecule has 0 amide bonds. The normalized spacial score (nSPS) is 23.6. The lowest BCUT2D eigenvalue weighted by molar-refractivity contribution is 0.0666. The molecule has 1 aliphatic rings. The van der Waals surface area contributed by atoms with Crippen LogP contribution in [0.4, 0.5) is 0 Å². The highest BCUT2D eigenvalue weighted by Crippen LogP contribution is 2.42. The highest BCUT2D eigenvalue weighted by atomic mass is 16.3. The van der Waals surface area contributed by atoms with E-state index in [0.29, 0.717) is 5.76 Å². The molecule has 1 aromatic rings. The Bertz CT molecular complexity index is 401. The van der Waals surface area contributed by atoms with Gasteiger partial charge in [-0.2, -0.15) is 0 Å². The first-order valence-electron chi connectivity index (χ1n) is 6.67. The lowest BCUT2D eigenvalue weighted by atomic mass is 9.67. The van der Waals surface area contributed by atoms with Gasteiger partial charge in [-0.3, -0.25) is 4.79 Å². The van der Waals surface area contributed by atoms with Gasteiger partial charge in [0.25, 0.3) is 0 Å². The molecule has 1 unspecified atom stereocenters. The van der Waals surface area contributed by atoms with Crippen molar-refractivity contribution in [2.45, 2.75) is 52.9 Å². The van der Waals surface area contributed by atoms with E-state index in [-0.39, 0.29) is 17.1 Å². The molecule has 1 aliphatic carbocycles. The second-order valence-corrected chi connectivity index (χ2v) is 5.77. The van der Waals surface area contributed by atoms with Gasteiger partial charge in [0.15, 0.2) is 5.76 Å². The predicted octanol–water partition coefficient (Wildman–Crippen LogP) is 4.24. The fourth-order valence-corrected chi connectivity index (χ4v) is 2.85. The molecular formula is C15H22O2. The molecule has 0 bridgehead atoms. The van der Waals surface area contributed by atoms with E-state index in [9.17, 15) is 4.79 Å². The molecule has 1 heterocycles. The smallest absolute Gasteiger partial charge is 0.201 e. The molecule has 0 aromatic carbocycles. The minimum Gasteiger partial charge on any atom is -0.458 e. The first-order valence-corrected chi connectivity index (χ1v) is 6.67. The number of hydrogen-bond donors (Lipinski definition) is 0. The Morgan fingerprint density at radius 2 is 2.18 bits per heavy atom. The number of carbonyl (C=O) groups excluding carboxylic acids is 1. The van der Waals surface area contributed by atoms with Crippen LogP contribution in [0.5, 0.6) is 0 Å². The predicted molar refractivity (Wildman–Crippen MR) is 68.2 cm³/mol. The maximum atomic E-state index is 12.5. The Balaban J connectivity index is 2.18. The molecule has 17 heavy (non-hydrogen) atoms. The van der Waals surface area contributed by atoms with Crippen LogP contribution in [0, 0.1) is 11.3 Å². The summed E-state index contributed by atoms with van der Waals surface area (Å²) in [6.07, 6.45) is 5.41. The monoisotopic (exact) mass is 234 g/mol. The van der Waals surface area contributed by atoms with E-state index < -0.39 is 0 Å². The van der Waals surface area contributed by atoms with Crippen LogP contribution in [-0.4, -0.2) is 5.78 Å². The molecule has 0 N–H and O–H groups in total.